The molecule has 1 unspecified atom stereocenters. The molecule has 3 N–H and O–H groups in total. The summed E-state index contributed by atoms with van der Waals surface area (Å²) in [4.78, 5) is 25.0. The number of nitrogens with zero attached hydrogens (tertiary/aromatic N) is 1. The van der Waals surface area contributed by atoms with Gasteiger partial charge in [-0.2, -0.15) is 0 Å². The van der Waals surface area contributed by atoms with Crippen LogP contribution in [0.1, 0.15) is 33.1 Å². The Balaban J connectivity index is 2.78. The summed E-state index contributed by atoms with van der Waals surface area (Å²) >= 11 is 0.965. The molecule has 0 saturated carbocycles. The molecule has 1 aliphatic rings. The van der Waals surface area contributed by atoms with Crippen molar-refractivity contribution in [2.24, 2.45) is 5.73 Å². The second-order valence-electron chi connectivity index (χ2n) is 3.75. The average molecular weight is 243 g/mol. The van der Waals surface area contributed by atoms with Crippen LogP contribution < -0.4 is 5.73 Å². The minimum atomic E-state index is -0.495. The van der Waals surface area contributed by atoms with Crippen LogP contribution >= 0.6 is 11.8 Å². The number of hydrogen-bond donors (Lipinski definition) is 2. The maximum atomic E-state index is 11.9. The van der Waals surface area contributed by atoms with E-state index < -0.39 is 5.25 Å². The molecular formula is C10H17N3O2S. The van der Waals surface area contributed by atoms with Crippen LogP contribution in [0.25, 0.3) is 0 Å². The van der Waals surface area contributed by atoms with Crippen molar-refractivity contribution in [2.45, 2.75) is 44.4 Å². The van der Waals surface area contributed by atoms with Crippen LogP contribution in [-0.2, 0) is 9.59 Å². The Bertz CT molecular complexity index is 315. The smallest absolute Gasteiger partial charge is 0.243 e. The Kier molecular flexibility index (Phi) is 4.35. The van der Waals surface area contributed by atoms with Crippen molar-refractivity contribution in [3.05, 3.63) is 0 Å². The molecule has 0 aromatic heterocycles. The van der Waals surface area contributed by atoms with Gasteiger partial charge in [0.1, 0.15) is 5.25 Å². The Morgan fingerprint density at radius 3 is 2.56 bits per heavy atom. The van der Waals surface area contributed by atoms with Crippen LogP contribution in [0.2, 0.25) is 0 Å². The fourth-order valence-electron chi connectivity index (χ4n) is 1.91. The fourth-order valence-corrected chi connectivity index (χ4v) is 2.65. The van der Waals surface area contributed by atoms with E-state index in [0.717, 1.165) is 24.6 Å². The number of amides is 2. The number of amidine groups is 1. The van der Waals surface area contributed by atoms with Crippen molar-refractivity contribution in [1.29, 1.82) is 5.41 Å². The van der Waals surface area contributed by atoms with Crippen molar-refractivity contribution in [3.8, 4) is 0 Å². The maximum absolute atomic E-state index is 11.9. The summed E-state index contributed by atoms with van der Waals surface area (Å²) < 4.78 is 0. The highest BCUT2D eigenvalue weighted by atomic mass is 32.2. The van der Waals surface area contributed by atoms with Crippen molar-refractivity contribution in [2.75, 3.05) is 0 Å². The quantitative estimate of drug-likeness (QED) is 0.437. The number of thioether (sulfide) groups is 1. The Labute approximate surface area is 99.2 Å². The largest absolute Gasteiger partial charge is 0.379 e. The molecule has 90 valence electrons. The molecule has 1 aliphatic heterocycles. The van der Waals surface area contributed by atoms with Crippen LogP contribution in [0.3, 0.4) is 0 Å². The van der Waals surface area contributed by atoms with Gasteiger partial charge in [-0.05, 0) is 12.8 Å². The van der Waals surface area contributed by atoms with Gasteiger partial charge in [0.25, 0.3) is 0 Å². The van der Waals surface area contributed by atoms with E-state index >= 15 is 0 Å². The molecule has 0 aromatic carbocycles. The number of carbonyl (C=O) groups excluding carboxylic acids is 2. The zero-order valence-corrected chi connectivity index (χ0v) is 10.3. The van der Waals surface area contributed by atoms with Gasteiger partial charge >= 0.3 is 0 Å². The molecule has 16 heavy (non-hydrogen) atoms. The molecule has 1 saturated heterocycles. The molecule has 1 fully saturated rings. The molecule has 0 radical (unpaired) electrons. The van der Waals surface area contributed by atoms with Crippen molar-refractivity contribution < 1.29 is 9.59 Å². The molecule has 1 atom stereocenters. The van der Waals surface area contributed by atoms with Crippen molar-refractivity contribution in [1.82, 2.24) is 4.90 Å². The highest BCUT2D eigenvalue weighted by Crippen LogP contribution is 2.27. The zero-order chi connectivity index (χ0) is 12.3. The van der Waals surface area contributed by atoms with Gasteiger partial charge in [0.15, 0.2) is 5.17 Å². The van der Waals surface area contributed by atoms with Crippen molar-refractivity contribution in [3.63, 3.8) is 0 Å². The second kappa shape index (κ2) is 5.34. The van der Waals surface area contributed by atoms with Gasteiger partial charge < -0.3 is 5.73 Å². The van der Waals surface area contributed by atoms with E-state index in [1.807, 2.05) is 13.8 Å². The molecule has 0 bridgehead atoms. The topological polar surface area (TPSA) is 87.2 Å². The molecule has 0 aromatic rings. The normalized spacial score (nSPS) is 20.9. The summed E-state index contributed by atoms with van der Waals surface area (Å²) in [6.45, 7) is 3.92. The lowest BCUT2D eigenvalue weighted by Crippen LogP contribution is -2.40. The van der Waals surface area contributed by atoms with Gasteiger partial charge in [-0.15, -0.1) is 0 Å². The lowest BCUT2D eigenvalue weighted by Gasteiger charge is -2.24. The van der Waals surface area contributed by atoms with Crippen LogP contribution in [-0.4, -0.2) is 33.2 Å². The van der Waals surface area contributed by atoms with Crippen LogP contribution in [0.15, 0.2) is 0 Å². The van der Waals surface area contributed by atoms with Crippen molar-refractivity contribution >= 4 is 28.7 Å². The predicted octanol–water partition coefficient (Wildman–Crippen LogP) is 0.929. The number of hydrogen-bond acceptors (Lipinski definition) is 4. The second-order valence-corrected chi connectivity index (χ2v) is 4.99. The summed E-state index contributed by atoms with van der Waals surface area (Å²) in [7, 11) is 0. The summed E-state index contributed by atoms with van der Waals surface area (Å²) in [5, 5.41) is 6.53. The van der Waals surface area contributed by atoms with E-state index in [1.54, 1.807) is 0 Å². The standard InChI is InChI=1S/C10H17N3O2S/c1-3-6(4-2)13-8(14)5-7(9(13)15)16-10(11)12/h6-7H,3-5H2,1-2H3,(H3,11,12). The van der Waals surface area contributed by atoms with E-state index in [9.17, 15) is 9.59 Å². The summed E-state index contributed by atoms with van der Waals surface area (Å²) in [6.07, 6.45) is 1.70. The first kappa shape index (κ1) is 13.0. The maximum Gasteiger partial charge on any atom is 0.243 e. The van der Waals surface area contributed by atoms with Crippen LogP contribution in [0.4, 0.5) is 0 Å². The average Bonchev–Trinajstić information content (AvgIpc) is 2.46. The molecule has 5 nitrogen and oxygen atoms in total. The lowest BCUT2D eigenvalue weighted by atomic mass is 10.1. The number of rotatable bonds is 4. The molecular weight excluding hydrogens is 226 g/mol. The zero-order valence-electron chi connectivity index (χ0n) is 9.53. The summed E-state index contributed by atoms with van der Waals surface area (Å²) in [6, 6.07) is -0.0161. The molecule has 6 heteroatoms. The fraction of sp³-hybridized carbons (Fsp3) is 0.700. The SMILES string of the molecule is CCC(CC)N1C(=O)CC(SC(=N)N)C1=O. The van der Waals surface area contributed by atoms with E-state index in [1.165, 1.54) is 4.90 Å². The lowest BCUT2D eigenvalue weighted by molar-refractivity contribution is -0.141. The summed E-state index contributed by atoms with van der Waals surface area (Å²) in [5.41, 5.74) is 5.23. The van der Waals surface area contributed by atoms with Gasteiger partial charge in [0.2, 0.25) is 11.8 Å². The molecule has 1 heterocycles. The highest BCUT2D eigenvalue weighted by Gasteiger charge is 2.41. The number of nitrogens with two attached hydrogens (primary N) is 1. The first-order valence-electron chi connectivity index (χ1n) is 5.37. The van der Waals surface area contributed by atoms with E-state index in [4.69, 9.17) is 11.1 Å². The number of imide groups is 1. The van der Waals surface area contributed by atoms with E-state index in [0.29, 0.717) is 0 Å². The number of nitrogens with one attached hydrogen (secondary N) is 1. The highest BCUT2D eigenvalue weighted by molar-refractivity contribution is 8.14. The molecule has 2 amide bonds. The third-order valence-electron chi connectivity index (χ3n) is 2.72. The number of likely N-dealkylation sites (tertiary alicyclic amines) is 1. The first-order chi connectivity index (χ1) is 7.51. The molecule has 0 spiro atoms. The third-order valence-corrected chi connectivity index (χ3v) is 3.63. The minimum Gasteiger partial charge on any atom is -0.379 e. The van der Waals surface area contributed by atoms with E-state index in [-0.39, 0.29) is 29.4 Å². The molecule has 0 aliphatic carbocycles. The monoisotopic (exact) mass is 243 g/mol. The Hall–Kier alpha value is -1.04. The summed E-state index contributed by atoms with van der Waals surface area (Å²) in [5.74, 6) is -0.337. The van der Waals surface area contributed by atoms with E-state index in [2.05, 4.69) is 0 Å². The minimum absolute atomic E-state index is 0.0161. The third kappa shape index (κ3) is 2.55. The van der Waals surface area contributed by atoms with Gasteiger partial charge in [0.05, 0.1) is 0 Å². The van der Waals surface area contributed by atoms with Crippen LogP contribution in [0.5, 0.6) is 0 Å². The molecule has 1 rings (SSSR count). The van der Waals surface area contributed by atoms with Gasteiger partial charge in [-0.25, -0.2) is 0 Å². The predicted molar refractivity (Wildman–Crippen MR) is 64.1 cm³/mol. The number of carbonyl (C=O) groups is 2. The van der Waals surface area contributed by atoms with Gasteiger partial charge in [0, 0.05) is 12.5 Å². The Morgan fingerprint density at radius 2 is 2.12 bits per heavy atom. The van der Waals surface area contributed by atoms with Crippen LogP contribution in [0, 0.1) is 5.41 Å². The van der Waals surface area contributed by atoms with Gasteiger partial charge in [-0.3, -0.25) is 19.9 Å². The Morgan fingerprint density at radius 1 is 1.56 bits per heavy atom. The first-order valence-corrected chi connectivity index (χ1v) is 6.25. The van der Waals surface area contributed by atoms with Gasteiger partial charge in [-0.1, -0.05) is 25.6 Å².